The second-order valence-corrected chi connectivity index (χ2v) is 4.47. The van der Waals surface area contributed by atoms with Crippen molar-refractivity contribution < 1.29 is 14.3 Å². The van der Waals surface area contributed by atoms with Crippen LogP contribution in [0.15, 0.2) is 42.6 Å². The molecule has 4 nitrogen and oxygen atoms in total. The number of aromatic nitrogens is 1. The molecule has 2 N–H and O–H groups in total. The lowest BCUT2D eigenvalue weighted by Gasteiger charge is -2.14. The molecule has 0 fully saturated rings. The summed E-state index contributed by atoms with van der Waals surface area (Å²) in [4.78, 5) is 14.8. The first-order valence-electron chi connectivity index (χ1n) is 6.24. The molecule has 104 valence electrons. The van der Waals surface area contributed by atoms with Crippen LogP contribution in [-0.2, 0) is 6.54 Å². The number of benzene rings is 1. The number of hydrogen-bond donors (Lipinski definition) is 2. The van der Waals surface area contributed by atoms with Crippen LogP contribution in [0.25, 0.3) is 0 Å². The summed E-state index contributed by atoms with van der Waals surface area (Å²) >= 11 is 0. The van der Waals surface area contributed by atoms with Crippen molar-refractivity contribution in [2.24, 2.45) is 0 Å². The topological polar surface area (TPSA) is 62.2 Å². The van der Waals surface area contributed by atoms with Crippen LogP contribution >= 0.6 is 0 Å². The maximum Gasteiger partial charge on any atom is 0.337 e. The molecule has 0 saturated carbocycles. The van der Waals surface area contributed by atoms with Crippen LogP contribution in [0.3, 0.4) is 0 Å². The number of pyridine rings is 1. The highest BCUT2D eigenvalue weighted by Gasteiger charge is 2.10. The number of halogens is 1. The zero-order chi connectivity index (χ0) is 14.5. The number of carbonyl (C=O) groups is 1. The van der Waals surface area contributed by atoms with E-state index in [9.17, 15) is 9.18 Å². The Morgan fingerprint density at radius 1 is 1.35 bits per heavy atom. The van der Waals surface area contributed by atoms with E-state index in [0.29, 0.717) is 17.8 Å². The summed E-state index contributed by atoms with van der Waals surface area (Å²) in [5.41, 5.74) is 1.45. The van der Waals surface area contributed by atoms with Crippen LogP contribution in [0.4, 0.5) is 4.39 Å². The predicted molar refractivity (Wildman–Crippen MR) is 72.9 cm³/mol. The summed E-state index contributed by atoms with van der Waals surface area (Å²) in [6, 6.07) is 9.58. The van der Waals surface area contributed by atoms with Crippen LogP contribution < -0.4 is 5.32 Å². The SMILES string of the molecule is CC(NCc1ccc(C(=O)O)cn1)c1ccccc1F. The third kappa shape index (κ3) is 3.39. The Bertz CT molecular complexity index is 599. The molecule has 1 heterocycles. The summed E-state index contributed by atoms with van der Waals surface area (Å²) in [7, 11) is 0. The zero-order valence-corrected chi connectivity index (χ0v) is 11.0. The van der Waals surface area contributed by atoms with Gasteiger partial charge >= 0.3 is 5.97 Å². The van der Waals surface area contributed by atoms with Gasteiger partial charge in [-0.05, 0) is 25.1 Å². The Morgan fingerprint density at radius 2 is 2.10 bits per heavy atom. The van der Waals surface area contributed by atoms with Crippen molar-refractivity contribution >= 4 is 5.97 Å². The number of hydrogen-bond acceptors (Lipinski definition) is 3. The van der Waals surface area contributed by atoms with Crippen molar-refractivity contribution in [3.05, 3.63) is 65.2 Å². The van der Waals surface area contributed by atoms with E-state index >= 15 is 0 Å². The molecule has 5 heteroatoms. The van der Waals surface area contributed by atoms with Crippen LogP contribution in [-0.4, -0.2) is 16.1 Å². The van der Waals surface area contributed by atoms with E-state index in [4.69, 9.17) is 5.11 Å². The third-order valence-electron chi connectivity index (χ3n) is 3.03. The highest BCUT2D eigenvalue weighted by molar-refractivity contribution is 5.87. The third-order valence-corrected chi connectivity index (χ3v) is 3.03. The molecule has 0 bridgehead atoms. The van der Waals surface area contributed by atoms with Gasteiger partial charge in [-0.25, -0.2) is 9.18 Å². The Labute approximate surface area is 116 Å². The molecular formula is C15H15FN2O2. The fraction of sp³-hybridized carbons (Fsp3) is 0.200. The molecule has 0 aliphatic rings. The highest BCUT2D eigenvalue weighted by atomic mass is 19.1. The molecule has 0 amide bonds. The van der Waals surface area contributed by atoms with Gasteiger partial charge in [0.05, 0.1) is 11.3 Å². The first kappa shape index (κ1) is 14.1. The van der Waals surface area contributed by atoms with Crippen LogP contribution in [0.5, 0.6) is 0 Å². The largest absolute Gasteiger partial charge is 0.478 e. The molecule has 1 atom stereocenters. The minimum Gasteiger partial charge on any atom is -0.478 e. The monoisotopic (exact) mass is 274 g/mol. The van der Waals surface area contributed by atoms with E-state index in [2.05, 4.69) is 10.3 Å². The van der Waals surface area contributed by atoms with Crippen molar-refractivity contribution in [3.63, 3.8) is 0 Å². The smallest absolute Gasteiger partial charge is 0.337 e. The first-order chi connectivity index (χ1) is 9.58. The molecule has 1 aromatic carbocycles. The Morgan fingerprint density at radius 3 is 2.70 bits per heavy atom. The van der Waals surface area contributed by atoms with E-state index in [1.54, 1.807) is 24.3 Å². The molecule has 0 saturated heterocycles. The van der Waals surface area contributed by atoms with Gasteiger partial charge in [0.1, 0.15) is 5.82 Å². The fourth-order valence-corrected chi connectivity index (χ4v) is 1.85. The lowest BCUT2D eigenvalue weighted by molar-refractivity contribution is 0.0696. The van der Waals surface area contributed by atoms with Gasteiger partial charge in [-0.3, -0.25) is 4.98 Å². The molecule has 1 unspecified atom stereocenters. The lowest BCUT2D eigenvalue weighted by Crippen LogP contribution is -2.19. The molecule has 0 aliphatic carbocycles. The van der Waals surface area contributed by atoms with Gasteiger partial charge < -0.3 is 10.4 Å². The van der Waals surface area contributed by atoms with Crippen molar-refractivity contribution in [1.29, 1.82) is 0 Å². The quantitative estimate of drug-likeness (QED) is 0.880. The van der Waals surface area contributed by atoms with Crippen LogP contribution in [0.1, 0.15) is 34.6 Å². The van der Waals surface area contributed by atoms with E-state index in [0.717, 1.165) is 0 Å². The number of carboxylic acid groups (broad SMARTS) is 1. The standard InChI is InChI=1S/C15H15FN2O2/c1-10(13-4-2-3-5-14(13)16)17-9-12-7-6-11(8-18-12)15(19)20/h2-8,10,17H,9H2,1H3,(H,19,20). The van der Waals surface area contributed by atoms with Gasteiger partial charge in [-0.2, -0.15) is 0 Å². The molecule has 2 rings (SSSR count). The summed E-state index contributed by atoms with van der Waals surface area (Å²) in [6.45, 7) is 2.30. The van der Waals surface area contributed by atoms with Crippen LogP contribution in [0, 0.1) is 5.82 Å². The second kappa shape index (κ2) is 6.25. The van der Waals surface area contributed by atoms with E-state index in [1.807, 2.05) is 6.92 Å². The average Bonchev–Trinajstić information content (AvgIpc) is 2.45. The fourth-order valence-electron chi connectivity index (χ4n) is 1.85. The summed E-state index contributed by atoms with van der Waals surface area (Å²) in [6.07, 6.45) is 1.31. The van der Waals surface area contributed by atoms with Crippen molar-refractivity contribution in [3.8, 4) is 0 Å². The van der Waals surface area contributed by atoms with E-state index < -0.39 is 5.97 Å². The first-order valence-corrected chi connectivity index (χ1v) is 6.24. The summed E-state index contributed by atoms with van der Waals surface area (Å²) in [5.74, 6) is -1.25. The normalized spacial score (nSPS) is 12.1. The number of rotatable bonds is 5. The molecule has 0 aliphatic heterocycles. The highest BCUT2D eigenvalue weighted by Crippen LogP contribution is 2.16. The Balaban J connectivity index is 1.98. The van der Waals surface area contributed by atoms with Crippen molar-refractivity contribution in [2.75, 3.05) is 0 Å². The van der Waals surface area contributed by atoms with Gasteiger partial charge in [0.15, 0.2) is 0 Å². The molecule has 2 aromatic rings. The number of carboxylic acids is 1. The minimum atomic E-state index is -1.00. The van der Waals surface area contributed by atoms with Gasteiger partial charge in [0.2, 0.25) is 0 Å². The molecule has 0 radical (unpaired) electrons. The van der Waals surface area contributed by atoms with Crippen LogP contribution in [0.2, 0.25) is 0 Å². The maximum atomic E-state index is 13.6. The number of nitrogens with one attached hydrogen (secondary N) is 1. The number of aromatic carboxylic acids is 1. The maximum absolute atomic E-state index is 13.6. The molecular weight excluding hydrogens is 259 g/mol. The molecule has 20 heavy (non-hydrogen) atoms. The Hall–Kier alpha value is -2.27. The minimum absolute atomic E-state index is 0.149. The zero-order valence-electron chi connectivity index (χ0n) is 11.0. The Kier molecular flexibility index (Phi) is 4.42. The van der Waals surface area contributed by atoms with Gasteiger partial charge in [0, 0.05) is 24.3 Å². The summed E-state index contributed by atoms with van der Waals surface area (Å²) in [5, 5.41) is 11.9. The lowest BCUT2D eigenvalue weighted by atomic mass is 10.1. The van der Waals surface area contributed by atoms with Crippen molar-refractivity contribution in [2.45, 2.75) is 19.5 Å². The van der Waals surface area contributed by atoms with Gasteiger partial charge in [-0.1, -0.05) is 18.2 Å². The van der Waals surface area contributed by atoms with Gasteiger partial charge in [-0.15, -0.1) is 0 Å². The van der Waals surface area contributed by atoms with E-state index in [-0.39, 0.29) is 17.4 Å². The summed E-state index contributed by atoms with van der Waals surface area (Å²) < 4.78 is 13.6. The predicted octanol–water partition coefficient (Wildman–Crippen LogP) is 2.77. The molecule has 1 aromatic heterocycles. The second-order valence-electron chi connectivity index (χ2n) is 4.47. The van der Waals surface area contributed by atoms with Gasteiger partial charge in [0.25, 0.3) is 0 Å². The van der Waals surface area contributed by atoms with E-state index in [1.165, 1.54) is 18.3 Å². The number of nitrogens with zero attached hydrogens (tertiary/aromatic N) is 1. The van der Waals surface area contributed by atoms with Crippen molar-refractivity contribution in [1.82, 2.24) is 10.3 Å². The average molecular weight is 274 g/mol. The molecule has 0 spiro atoms.